The Kier molecular flexibility index (Phi) is 1.53. The maximum absolute atomic E-state index is 10.5. The van der Waals surface area contributed by atoms with Crippen molar-refractivity contribution in [3.05, 3.63) is 12.2 Å². The van der Waals surface area contributed by atoms with Crippen LogP contribution in [0, 0.1) is 0 Å². The van der Waals surface area contributed by atoms with Gasteiger partial charge in [0.15, 0.2) is 5.78 Å². The van der Waals surface area contributed by atoms with Crippen molar-refractivity contribution in [2.75, 3.05) is 6.54 Å². The molecule has 0 spiro atoms. The molecule has 48 valence electrons. The van der Waals surface area contributed by atoms with Gasteiger partial charge < -0.3 is 0 Å². The fraction of sp³-hybridized carbons (Fsp3) is 0.200. The Morgan fingerprint density at radius 3 is 2.56 bits per heavy atom. The van der Waals surface area contributed by atoms with Crippen LogP contribution in [0.3, 0.4) is 0 Å². The summed E-state index contributed by atoms with van der Waals surface area (Å²) in [5, 5.41) is 0. The van der Waals surface area contributed by atoms with Gasteiger partial charge in [-0.05, 0) is 6.08 Å². The van der Waals surface area contributed by atoms with E-state index in [-0.39, 0.29) is 18.2 Å². The number of amides is 1. The monoisotopic (exact) mass is 145 g/mol. The summed E-state index contributed by atoms with van der Waals surface area (Å²) in [5.74, 6) is -0.485. The Morgan fingerprint density at radius 1 is 1.44 bits per heavy atom. The molecule has 4 heteroatoms. The van der Waals surface area contributed by atoms with E-state index >= 15 is 0 Å². The van der Waals surface area contributed by atoms with Gasteiger partial charge in [-0.1, -0.05) is 0 Å². The molecule has 0 aliphatic carbocycles. The van der Waals surface area contributed by atoms with Crippen molar-refractivity contribution in [2.45, 2.75) is 0 Å². The van der Waals surface area contributed by atoms with E-state index in [4.69, 9.17) is 11.8 Å². The largest absolute Gasteiger partial charge is 0.293 e. The summed E-state index contributed by atoms with van der Waals surface area (Å²) < 4.78 is 0.850. The number of ketones is 1. The molecule has 0 radical (unpaired) electrons. The van der Waals surface area contributed by atoms with Crippen molar-refractivity contribution in [1.29, 1.82) is 0 Å². The van der Waals surface area contributed by atoms with Gasteiger partial charge in [-0.3, -0.25) is 9.59 Å². The van der Waals surface area contributed by atoms with Gasteiger partial charge in [-0.25, -0.2) is 4.42 Å². The standard InChI is InChI=1S/C5H4ClNO2/c6-7-3-4(8)1-2-5(7)9/h1-2H,3H2. The molecule has 0 aromatic carbocycles. The zero-order valence-electron chi connectivity index (χ0n) is 4.50. The third-order valence-electron chi connectivity index (χ3n) is 0.946. The molecule has 9 heavy (non-hydrogen) atoms. The first kappa shape index (κ1) is 6.29. The number of rotatable bonds is 0. The molecule has 0 aromatic rings. The Balaban J connectivity index is 2.76. The van der Waals surface area contributed by atoms with Gasteiger partial charge in [0.25, 0.3) is 5.91 Å². The lowest BCUT2D eigenvalue weighted by molar-refractivity contribution is -0.127. The van der Waals surface area contributed by atoms with Gasteiger partial charge in [-0.2, -0.15) is 0 Å². The lowest BCUT2D eigenvalue weighted by Crippen LogP contribution is -2.29. The van der Waals surface area contributed by atoms with E-state index in [2.05, 4.69) is 0 Å². The highest BCUT2D eigenvalue weighted by Crippen LogP contribution is 2.01. The van der Waals surface area contributed by atoms with Crippen LogP contribution in [0.4, 0.5) is 0 Å². The SMILES string of the molecule is O=C1C=CC(=O)N(Cl)C1. The van der Waals surface area contributed by atoms with E-state index in [0.717, 1.165) is 10.5 Å². The number of hydrogen-bond acceptors (Lipinski definition) is 2. The molecule has 0 saturated carbocycles. The van der Waals surface area contributed by atoms with Crippen LogP contribution >= 0.6 is 11.8 Å². The van der Waals surface area contributed by atoms with Crippen molar-refractivity contribution in [3.63, 3.8) is 0 Å². The molecule has 1 aliphatic rings. The zero-order chi connectivity index (χ0) is 6.85. The van der Waals surface area contributed by atoms with Crippen molar-refractivity contribution < 1.29 is 9.59 Å². The molecule has 3 nitrogen and oxygen atoms in total. The summed E-state index contributed by atoms with van der Waals surface area (Å²) >= 11 is 5.27. The van der Waals surface area contributed by atoms with Crippen molar-refractivity contribution >= 4 is 23.5 Å². The quantitative estimate of drug-likeness (QED) is 0.454. The summed E-state index contributed by atoms with van der Waals surface area (Å²) in [7, 11) is 0. The number of hydrogen-bond donors (Lipinski definition) is 0. The highest BCUT2D eigenvalue weighted by molar-refractivity contribution is 6.26. The first-order valence-corrected chi connectivity index (χ1v) is 2.72. The lowest BCUT2D eigenvalue weighted by Gasteiger charge is -2.11. The smallest absolute Gasteiger partial charge is 0.261 e. The molecular weight excluding hydrogens is 142 g/mol. The van der Waals surface area contributed by atoms with Crippen LogP contribution in [0.25, 0.3) is 0 Å². The number of nitrogens with zero attached hydrogens (tertiary/aromatic N) is 1. The minimum atomic E-state index is -0.337. The second kappa shape index (κ2) is 2.19. The second-order valence-electron chi connectivity index (χ2n) is 1.66. The van der Waals surface area contributed by atoms with Gasteiger partial charge in [0.2, 0.25) is 0 Å². The Morgan fingerprint density at radius 2 is 2.11 bits per heavy atom. The third-order valence-corrected chi connectivity index (χ3v) is 1.23. The topological polar surface area (TPSA) is 37.4 Å². The van der Waals surface area contributed by atoms with Gasteiger partial charge in [0.05, 0.1) is 0 Å². The van der Waals surface area contributed by atoms with E-state index in [9.17, 15) is 9.59 Å². The maximum Gasteiger partial charge on any atom is 0.261 e. The Bertz CT molecular complexity index is 187. The average Bonchev–Trinajstić information content (AvgIpc) is 1.80. The molecule has 0 unspecified atom stereocenters. The molecule has 0 aromatic heterocycles. The maximum atomic E-state index is 10.5. The molecule has 0 saturated heterocycles. The predicted octanol–water partition coefficient (Wildman–Crippen LogP) is 0.108. The summed E-state index contributed by atoms with van der Waals surface area (Å²) in [4.78, 5) is 20.9. The summed E-state index contributed by atoms with van der Waals surface area (Å²) in [6.07, 6.45) is 2.38. The molecule has 0 N–H and O–H groups in total. The minimum absolute atomic E-state index is 0.0170. The zero-order valence-corrected chi connectivity index (χ0v) is 5.26. The molecular formula is C5H4ClNO2. The average molecular weight is 146 g/mol. The van der Waals surface area contributed by atoms with Gasteiger partial charge in [0.1, 0.15) is 6.54 Å². The van der Waals surface area contributed by atoms with E-state index in [1.54, 1.807) is 0 Å². The van der Waals surface area contributed by atoms with Crippen LogP contribution < -0.4 is 0 Å². The Labute approximate surface area is 57.0 Å². The first-order valence-electron chi connectivity index (χ1n) is 2.38. The van der Waals surface area contributed by atoms with Crippen LogP contribution in [0.15, 0.2) is 12.2 Å². The van der Waals surface area contributed by atoms with E-state index in [0.29, 0.717) is 0 Å². The van der Waals surface area contributed by atoms with Crippen molar-refractivity contribution in [1.82, 2.24) is 4.42 Å². The number of carbonyl (C=O) groups is 2. The third kappa shape index (κ3) is 1.29. The highest BCUT2D eigenvalue weighted by Gasteiger charge is 2.15. The molecule has 0 bridgehead atoms. The lowest BCUT2D eigenvalue weighted by atomic mass is 10.3. The van der Waals surface area contributed by atoms with Crippen LogP contribution in [-0.4, -0.2) is 22.7 Å². The first-order chi connectivity index (χ1) is 4.20. The van der Waals surface area contributed by atoms with E-state index < -0.39 is 0 Å². The molecule has 1 amide bonds. The van der Waals surface area contributed by atoms with Crippen LogP contribution in [0.2, 0.25) is 0 Å². The minimum Gasteiger partial charge on any atom is -0.293 e. The van der Waals surface area contributed by atoms with Crippen LogP contribution in [-0.2, 0) is 9.59 Å². The van der Waals surface area contributed by atoms with E-state index in [1.807, 2.05) is 0 Å². The van der Waals surface area contributed by atoms with Crippen LogP contribution in [0.5, 0.6) is 0 Å². The second-order valence-corrected chi connectivity index (χ2v) is 2.07. The number of halogens is 1. The van der Waals surface area contributed by atoms with E-state index in [1.165, 1.54) is 6.08 Å². The summed E-state index contributed by atoms with van der Waals surface area (Å²) in [6.45, 7) is -0.0170. The van der Waals surface area contributed by atoms with Crippen LogP contribution in [0.1, 0.15) is 0 Å². The molecule has 1 heterocycles. The van der Waals surface area contributed by atoms with Crippen molar-refractivity contribution in [2.24, 2.45) is 0 Å². The van der Waals surface area contributed by atoms with Crippen molar-refractivity contribution in [3.8, 4) is 0 Å². The molecule has 0 fully saturated rings. The molecule has 1 rings (SSSR count). The fourth-order valence-electron chi connectivity index (χ4n) is 0.513. The normalized spacial score (nSPS) is 19.0. The predicted molar refractivity (Wildman–Crippen MR) is 31.7 cm³/mol. The Hall–Kier alpha value is -0.830. The van der Waals surface area contributed by atoms with Gasteiger partial charge in [-0.15, -0.1) is 0 Å². The van der Waals surface area contributed by atoms with Gasteiger partial charge in [0, 0.05) is 17.9 Å². The number of carbonyl (C=O) groups excluding carboxylic acids is 2. The summed E-state index contributed by atoms with van der Waals surface area (Å²) in [5.41, 5.74) is 0. The highest BCUT2D eigenvalue weighted by atomic mass is 35.5. The molecule has 0 atom stereocenters. The molecule has 1 aliphatic heterocycles. The van der Waals surface area contributed by atoms with Gasteiger partial charge >= 0.3 is 0 Å². The fourth-order valence-corrected chi connectivity index (χ4v) is 0.687. The summed E-state index contributed by atoms with van der Waals surface area (Å²) in [6, 6.07) is 0.